The smallest absolute Gasteiger partial charge is 0.171 e. The Morgan fingerprint density at radius 2 is 2.17 bits per heavy atom. The van der Waals surface area contributed by atoms with Crippen LogP contribution in [-0.2, 0) is 6.54 Å². The summed E-state index contributed by atoms with van der Waals surface area (Å²) in [7, 11) is 0. The molecule has 0 atom stereocenters. The number of hydrogen-bond donors (Lipinski definition) is 2. The number of para-hydroxylation sites is 1. The molecule has 3 N–H and O–H groups in total. The zero-order valence-electron chi connectivity index (χ0n) is 6.38. The number of thiocarbonyl (C=S) groups is 1. The average molecular weight is 201 g/mol. The first-order valence-electron chi connectivity index (χ1n) is 3.48. The minimum Gasteiger partial charge on any atom is -0.337 e. The lowest BCUT2D eigenvalue weighted by Crippen LogP contribution is -2.06. The van der Waals surface area contributed by atoms with Crippen molar-refractivity contribution >= 4 is 34.0 Å². The molecular weight excluding hydrogens is 192 g/mol. The van der Waals surface area contributed by atoms with Crippen LogP contribution >= 0.6 is 23.8 Å². The second kappa shape index (κ2) is 4.40. The number of hydrogen-bond acceptors (Lipinski definition) is 2. The van der Waals surface area contributed by atoms with Crippen molar-refractivity contribution in [3.05, 3.63) is 29.8 Å². The fraction of sp³-hybridized carbons (Fsp3) is 0.125. The van der Waals surface area contributed by atoms with Crippen molar-refractivity contribution in [1.29, 1.82) is 0 Å². The molecule has 0 aromatic heterocycles. The second-order valence-corrected chi connectivity index (χ2v) is 3.27. The molecule has 2 nitrogen and oxygen atoms in total. The Morgan fingerprint density at radius 1 is 1.50 bits per heavy atom. The average Bonchev–Trinajstić information content (AvgIpc) is 2.04. The highest BCUT2D eigenvalue weighted by atomic mass is 35.5. The molecule has 0 heterocycles. The van der Waals surface area contributed by atoms with Gasteiger partial charge >= 0.3 is 0 Å². The molecule has 4 heteroatoms. The first-order valence-corrected chi connectivity index (χ1v) is 4.27. The maximum Gasteiger partial charge on any atom is 0.171 e. The summed E-state index contributed by atoms with van der Waals surface area (Å²) in [5.74, 6) is 0. The lowest BCUT2D eigenvalue weighted by molar-refractivity contribution is 1.07. The summed E-state index contributed by atoms with van der Waals surface area (Å²) in [5.41, 5.74) is 7.38. The van der Waals surface area contributed by atoms with Gasteiger partial charge in [0.05, 0.1) is 0 Å². The number of nitrogens with one attached hydrogen (secondary N) is 1. The molecule has 1 rings (SSSR count). The molecule has 0 amide bonds. The van der Waals surface area contributed by atoms with Crippen LogP contribution in [0.25, 0.3) is 0 Å². The maximum atomic E-state index is 5.52. The van der Waals surface area contributed by atoms with Gasteiger partial charge in [0.15, 0.2) is 4.45 Å². The Bertz CT molecular complexity index is 288. The molecular formula is C8H9ClN2S. The van der Waals surface area contributed by atoms with Crippen molar-refractivity contribution in [1.82, 2.24) is 0 Å². The summed E-state index contributed by atoms with van der Waals surface area (Å²) in [6.07, 6.45) is 0. The van der Waals surface area contributed by atoms with Gasteiger partial charge in [-0.2, -0.15) is 0 Å². The number of anilines is 1. The predicted octanol–water partition coefficient (Wildman–Crippen LogP) is 2.08. The van der Waals surface area contributed by atoms with E-state index in [2.05, 4.69) is 5.32 Å². The molecule has 0 bridgehead atoms. The topological polar surface area (TPSA) is 38.0 Å². The Hall–Kier alpha value is -0.640. The third-order valence-electron chi connectivity index (χ3n) is 1.47. The normalized spacial score (nSPS) is 9.50. The van der Waals surface area contributed by atoms with Crippen LogP contribution in [0.1, 0.15) is 5.56 Å². The van der Waals surface area contributed by atoms with Crippen LogP contribution in [0.15, 0.2) is 24.3 Å². The molecule has 1 aromatic rings. The summed E-state index contributed by atoms with van der Waals surface area (Å²) in [4.78, 5) is 0. The highest BCUT2D eigenvalue weighted by Crippen LogP contribution is 2.14. The summed E-state index contributed by atoms with van der Waals surface area (Å²) in [5, 5.41) is 2.84. The van der Waals surface area contributed by atoms with Crippen molar-refractivity contribution in [3.8, 4) is 0 Å². The van der Waals surface area contributed by atoms with E-state index in [1.807, 2.05) is 24.3 Å². The van der Waals surface area contributed by atoms with Crippen molar-refractivity contribution in [3.63, 3.8) is 0 Å². The largest absolute Gasteiger partial charge is 0.337 e. The fourth-order valence-corrected chi connectivity index (χ4v) is 1.14. The third-order valence-corrected chi connectivity index (χ3v) is 1.67. The molecule has 64 valence electrons. The van der Waals surface area contributed by atoms with Gasteiger partial charge in [-0.3, -0.25) is 0 Å². The molecule has 0 aliphatic heterocycles. The van der Waals surface area contributed by atoms with Crippen LogP contribution in [-0.4, -0.2) is 4.45 Å². The second-order valence-electron chi connectivity index (χ2n) is 2.26. The predicted molar refractivity (Wildman–Crippen MR) is 56.4 cm³/mol. The zero-order valence-corrected chi connectivity index (χ0v) is 7.95. The van der Waals surface area contributed by atoms with Crippen LogP contribution in [0.3, 0.4) is 0 Å². The molecule has 0 radical (unpaired) electrons. The number of halogens is 1. The monoisotopic (exact) mass is 200 g/mol. The standard InChI is InChI=1S/C8H9ClN2S/c9-8(12)11-7-4-2-1-3-6(7)5-10/h1-4H,5,10H2,(H,11,12). The van der Waals surface area contributed by atoms with E-state index in [1.165, 1.54) is 0 Å². The molecule has 0 unspecified atom stereocenters. The Balaban J connectivity index is 2.89. The Kier molecular flexibility index (Phi) is 3.47. The van der Waals surface area contributed by atoms with E-state index < -0.39 is 0 Å². The highest BCUT2D eigenvalue weighted by Gasteiger charge is 1.98. The van der Waals surface area contributed by atoms with Gasteiger partial charge in [-0.1, -0.05) is 29.8 Å². The molecule has 12 heavy (non-hydrogen) atoms. The molecule has 0 aliphatic carbocycles. The van der Waals surface area contributed by atoms with Crippen LogP contribution < -0.4 is 11.1 Å². The Morgan fingerprint density at radius 3 is 2.75 bits per heavy atom. The van der Waals surface area contributed by atoms with Gasteiger partial charge in [-0.25, -0.2) is 0 Å². The highest BCUT2D eigenvalue weighted by molar-refractivity contribution is 7.83. The molecule has 0 fully saturated rings. The summed E-state index contributed by atoms with van der Waals surface area (Å²) >= 11 is 10.2. The van der Waals surface area contributed by atoms with Gasteiger partial charge in [0.1, 0.15) is 0 Å². The number of rotatable bonds is 2. The summed E-state index contributed by atoms with van der Waals surface area (Å²) in [6.45, 7) is 0.475. The molecule has 0 saturated carbocycles. The summed E-state index contributed by atoms with van der Waals surface area (Å²) < 4.78 is 0.232. The van der Waals surface area contributed by atoms with E-state index >= 15 is 0 Å². The first-order chi connectivity index (χ1) is 5.74. The van der Waals surface area contributed by atoms with Crippen LogP contribution in [0, 0.1) is 0 Å². The Labute approximate surface area is 81.7 Å². The van der Waals surface area contributed by atoms with Crippen molar-refractivity contribution in [2.75, 3.05) is 5.32 Å². The van der Waals surface area contributed by atoms with Crippen LogP contribution in [0.2, 0.25) is 0 Å². The lowest BCUT2D eigenvalue weighted by atomic mass is 10.2. The van der Waals surface area contributed by atoms with Crippen molar-refractivity contribution in [2.45, 2.75) is 6.54 Å². The van der Waals surface area contributed by atoms with Gasteiger partial charge in [-0.15, -0.1) is 0 Å². The van der Waals surface area contributed by atoms with E-state index in [9.17, 15) is 0 Å². The fourth-order valence-electron chi connectivity index (χ4n) is 0.926. The van der Waals surface area contributed by atoms with E-state index in [4.69, 9.17) is 29.6 Å². The molecule has 0 spiro atoms. The minimum absolute atomic E-state index is 0.232. The third kappa shape index (κ3) is 2.44. The zero-order chi connectivity index (χ0) is 8.97. The number of nitrogens with two attached hydrogens (primary N) is 1. The van der Waals surface area contributed by atoms with Crippen molar-refractivity contribution in [2.24, 2.45) is 5.73 Å². The maximum absolute atomic E-state index is 5.52. The molecule has 0 aliphatic rings. The van der Waals surface area contributed by atoms with Crippen LogP contribution in [0.4, 0.5) is 5.69 Å². The van der Waals surface area contributed by atoms with E-state index in [0.29, 0.717) is 6.54 Å². The van der Waals surface area contributed by atoms with E-state index in [1.54, 1.807) is 0 Å². The lowest BCUT2D eigenvalue weighted by Gasteiger charge is -2.07. The summed E-state index contributed by atoms with van der Waals surface area (Å²) in [6, 6.07) is 7.63. The van der Waals surface area contributed by atoms with Gasteiger partial charge in [-0.05, 0) is 23.8 Å². The SMILES string of the molecule is NCc1ccccc1NC(=S)Cl. The quantitative estimate of drug-likeness (QED) is 0.436. The van der Waals surface area contributed by atoms with Gasteiger partial charge in [0, 0.05) is 12.2 Å². The van der Waals surface area contributed by atoms with E-state index in [0.717, 1.165) is 11.3 Å². The van der Waals surface area contributed by atoms with Crippen molar-refractivity contribution < 1.29 is 0 Å². The minimum atomic E-state index is 0.232. The van der Waals surface area contributed by atoms with Gasteiger partial charge in [0.2, 0.25) is 0 Å². The van der Waals surface area contributed by atoms with Gasteiger partial charge in [0.25, 0.3) is 0 Å². The van der Waals surface area contributed by atoms with E-state index in [-0.39, 0.29) is 4.45 Å². The molecule has 0 saturated heterocycles. The number of benzene rings is 1. The molecule has 1 aromatic carbocycles. The first kappa shape index (κ1) is 9.45. The van der Waals surface area contributed by atoms with Crippen LogP contribution in [0.5, 0.6) is 0 Å². The van der Waals surface area contributed by atoms with Gasteiger partial charge < -0.3 is 11.1 Å².